The number of rotatable bonds is 5. The van der Waals surface area contributed by atoms with E-state index in [4.69, 9.17) is 11.6 Å². The smallest absolute Gasteiger partial charge is 0.290 e. The molecule has 3 atom stereocenters. The summed E-state index contributed by atoms with van der Waals surface area (Å²) in [6.45, 7) is 7.03. The summed E-state index contributed by atoms with van der Waals surface area (Å²) in [6, 6.07) is 13.2. The predicted molar refractivity (Wildman–Crippen MR) is 147 cm³/mol. The molecule has 1 aromatic heterocycles. The lowest BCUT2D eigenvalue weighted by Crippen LogP contribution is -2.53. The third-order valence-corrected chi connectivity index (χ3v) is 8.52. The van der Waals surface area contributed by atoms with Crippen molar-refractivity contribution in [1.82, 2.24) is 19.8 Å². The van der Waals surface area contributed by atoms with Crippen LogP contribution in [0.1, 0.15) is 55.4 Å². The number of imidazole rings is 1. The molecule has 6 rings (SSSR count). The number of H-pyrrole nitrogens is 1. The van der Waals surface area contributed by atoms with Gasteiger partial charge in [0.15, 0.2) is 11.6 Å². The highest BCUT2D eigenvalue weighted by atomic mass is 35.5. The van der Waals surface area contributed by atoms with Gasteiger partial charge in [0.05, 0.1) is 29.0 Å². The monoisotopic (exact) mass is 530 g/mol. The SMILES string of the molecule is CC(C)(C)[C@H](CC(=O)C1=Cc2ccc(Cl)cc2C1)C(=O)N1C[C@@H]2C[C@H]1CN2C(=O)c1nc2ccccc2[nH]1. The molecule has 2 fully saturated rings. The molecule has 2 saturated heterocycles. The number of nitrogens with zero attached hydrogens (tertiary/aromatic N) is 3. The number of likely N-dealkylation sites (tertiary alicyclic amines) is 2. The van der Waals surface area contributed by atoms with Gasteiger partial charge in [-0.15, -0.1) is 0 Å². The van der Waals surface area contributed by atoms with Crippen LogP contribution in [-0.4, -0.2) is 62.5 Å². The molecule has 1 N–H and O–H groups in total. The zero-order valence-corrected chi connectivity index (χ0v) is 22.6. The summed E-state index contributed by atoms with van der Waals surface area (Å²) >= 11 is 6.14. The van der Waals surface area contributed by atoms with Crippen LogP contribution in [-0.2, 0) is 16.0 Å². The number of nitrogens with one attached hydrogen (secondary N) is 1. The van der Waals surface area contributed by atoms with Gasteiger partial charge in [0.1, 0.15) is 0 Å². The highest BCUT2D eigenvalue weighted by Crippen LogP contribution is 2.38. The minimum Gasteiger partial charge on any atom is -0.336 e. The summed E-state index contributed by atoms with van der Waals surface area (Å²) in [5, 5.41) is 0.658. The van der Waals surface area contributed by atoms with E-state index in [1.165, 1.54) is 0 Å². The van der Waals surface area contributed by atoms with Gasteiger partial charge in [-0.05, 0) is 53.3 Å². The molecule has 2 amide bonds. The zero-order valence-electron chi connectivity index (χ0n) is 21.8. The molecule has 0 saturated carbocycles. The number of carbonyl (C=O) groups is 3. The number of ketones is 1. The van der Waals surface area contributed by atoms with Crippen LogP contribution < -0.4 is 0 Å². The van der Waals surface area contributed by atoms with Gasteiger partial charge in [-0.1, -0.05) is 50.6 Å². The Morgan fingerprint density at radius 1 is 1.08 bits per heavy atom. The van der Waals surface area contributed by atoms with Crippen molar-refractivity contribution in [2.24, 2.45) is 11.3 Å². The molecule has 0 radical (unpaired) electrons. The van der Waals surface area contributed by atoms with Crippen molar-refractivity contribution in [3.8, 4) is 0 Å². The minimum absolute atomic E-state index is 0.00772. The summed E-state index contributed by atoms with van der Waals surface area (Å²) in [5.74, 6) is -0.217. The number of carbonyl (C=O) groups excluding carboxylic acids is 3. The fraction of sp³-hybridized carbons (Fsp3) is 0.400. The van der Waals surface area contributed by atoms with Crippen molar-refractivity contribution >= 4 is 46.3 Å². The molecule has 0 spiro atoms. The lowest BCUT2D eigenvalue weighted by atomic mass is 9.76. The number of hydrogen-bond acceptors (Lipinski definition) is 4. The molecule has 3 aliphatic rings. The van der Waals surface area contributed by atoms with E-state index in [0.717, 1.165) is 34.2 Å². The van der Waals surface area contributed by atoms with Crippen LogP contribution in [0.3, 0.4) is 0 Å². The number of aromatic nitrogens is 2. The third kappa shape index (κ3) is 4.33. The second-order valence-corrected chi connectivity index (χ2v) is 12.3. The topological polar surface area (TPSA) is 86.4 Å². The Kier molecular flexibility index (Phi) is 5.94. The fourth-order valence-corrected chi connectivity index (χ4v) is 6.34. The first-order valence-electron chi connectivity index (χ1n) is 13.2. The number of hydrogen-bond donors (Lipinski definition) is 1. The van der Waals surface area contributed by atoms with E-state index in [1.807, 2.05) is 79.1 Å². The number of benzene rings is 2. The molecule has 1 aliphatic carbocycles. The van der Waals surface area contributed by atoms with Gasteiger partial charge in [0.2, 0.25) is 5.91 Å². The molecule has 2 aliphatic heterocycles. The third-order valence-electron chi connectivity index (χ3n) is 8.28. The maximum absolute atomic E-state index is 13.9. The Morgan fingerprint density at radius 3 is 2.53 bits per heavy atom. The van der Waals surface area contributed by atoms with Gasteiger partial charge in [-0.3, -0.25) is 14.4 Å². The van der Waals surface area contributed by atoms with E-state index in [-0.39, 0.29) is 41.5 Å². The first-order valence-corrected chi connectivity index (χ1v) is 13.5. The summed E-state index contributed by atoms with van der Waals surface area (Å²) in [7, 11) is 0. The summed E-state index contributed by atoms with van der Waals surface area (Å²) < 4.78 is 0. The molecular formula is C30H31ClN4O3. The summed E-state index contributed by atoms with van der Waals surface area (Å²) in [5.41, 5.74) is 4.01. The number of fused-ring (bicyclic) bond motifs is 4. The highest BCUT2D eigenvalue weighted by Gasteiger charge is 2.50. The van der Waals surface area contributed by atoms with Crippen LogP contribution in [0.5, 0.6) is 0 Å². The number of amides is 2. The van der Waals surface area contributed by atoms with E-state index in [1.54, 1.807) is 0 Å². The molecule has 8 heteroatoms. The molecule has 2 bridgehead atoms. The second kappa shape index (κ2) is 9.09. The molecule has 3 aromatic rings. The average Bonchev–Trinajstić information content (AvgIpc) is 3.66. The summed E-state index contributed by atoms with van der Waals surface area (Å²) in [4.78, 5) is 51.8. The Bertz CT molecular complexity index is 1470. The molecule has 38 heavy (non-hydrogen) atoms. The second-order valence-electron chi connectivity index (χ2n) is 11.8. The van der Waals surface area contributed by atoms with Crippen LogP contribution in [0.25, 0.3) is 17.1 Å². The van der Waals surface area contributed by atoms with Crippen molar-refractivity contribution in [3.05, 3.63) is 70.0 Å². The lowest BCUT2D eigenvalue weighted by Gasteiger charge is -2.38. The molecular weight excluding hydrogens is 500 g/mol. The van der Waals surface area contributed by atoms with E-state index in [2.05, 4.69) is 9.97 Å². The van der Waals surface area contributed by atoms with Gasteiger partial charge < -0.3 is 14.8 Å². The molecule has 2 aromatic carbocycles. The zero-order chi connectivity index (χ0) is 26.8. The van der Waals surface area contributed by atoms with Gasteiger partial charge >= 0.3 is 0 Å². The van der Waals surface area contributed by atoms with Crippen molar-refractivity contribution in [2.45, 2.75) is 52.1 Å². The van der Waals surface area contributed by atoms with Crippen LogP contribution in [0.4, 0.5) is 0 Å². The van der Waals surface area contributed by atoms with Crippen LogP contribution >= 0.6 is 11.6 Å². The van der Waals surface area contributed by atoms with E-state index in [0.29, 0.717) is 30.4 Å². The largest absolute Gasteiger partial charge is 0.336 e. The normalized spacial score (nSPS) is 21.1. The highest BCUT2D eigenvalue weighted by molar-refractivity contribution is 6.30. The number of aromatic amines is 1. The van der Waals surface area contributed by atoms with Crippen LogP contribution in [0.2, 0.25) is 5.02 Å². The standard InChI is InChI=1S/C30H31ClN4O3/c1-30(2,3)23(14-26(36)19-10-17-8-9-20(31)12-18(17)11-19)28(37)34-15-22-13-21(34)16-35(22)29(38)27-32-24-6-4-5-7-25(24)33-27/h4-10,12,21-23H,11,13-16H2,1-3H3,(H,32,33)/t21-,22-,23+/m0/s1. The Morgan fingerprint density at radius 2 is 1.82 bits per heavy atom. The quantitative estimate of drug-likeness (QED) is 0.508. The first-order chi connectivity index (χ1) is 18.1. The number of allylic oxidation sites excluding steroid dienone is 1. The summed E-state index contributed by atoms with van der Waals surface area (Å²) in [6.07, 6.45) is 3.40. The van der Waals surface area contributed by atoms with Crippen LogP contribution in [0, 0.1) is 11.3 Å². The van der Waals surface area contributed by atoms with Crippen molar-refractivity contribution in [2.75, 3.05) is 13.1 Å². The fourth-order valence-electron chi connectivity index (χ4n) is 6.15. The lowest BCUT2D eigenvalue weighted by molar-refractivity contribution is -0.143. The number of halogens is 1. The van der Waals surface area contributed by atoms with Crippen molar-refractivity contribution in [1.29, 1.82) is 0 Å². The molecule has 196 valence electrons. The van der Waals surface area contributed by atoms with Gasteiger partial charge in [-0.2, -0.15) is 0 Å². The van der Waals surface area contributed by atoms with Crippen molar-refractivity contribution in [3.63, 3.8) is 0 Å². The average molecular weight is 531 g/mol. The number of piperazine rings is 1. The van der Waals surface area contributed by atoms with E-state index >= 15 is 0 Å². The Hall–Kier alpha value is -3.45. The van der Waals surface area contributed by atoms with Crippen molar-refractivity contribution < 1.29 is 14.4 Å². The molecule has 3 heterocycles. The predicted octanol–water partition coefficient (Wildman–Crippen LogP) is 4.90. The Labute approximate surface area is 226 Å². The van der Waals surface area contributed by atoms with Crippen LogP contribution in [0.15, 0.2) is 48.0 Å². The maximum Gasteiger partial charge on any atom is 0.290 e. The van der Waals surface area contributed by atoms with Gasteiger partial charge in [0.25, 0.3) is 5.91 Å². The van der Waals surface area contributed by atoms with E-state index in [9.17, 15) is 14.4 Å². The molecule has 0 unspecified atom stereocenters. The van der Waals surface area contributed by atoms with E-state index < -0.39 is 5.92 Å². The first kappa shape index (κ1) is 24.9. The number of para-hydroxylation sites is 2. The van der Waals surface area contributed by atoms with Gasteiger partial charge in [0, 0.05) is 36.5 Å². The Balaban J connectivity index is 1.14. The number of Topliss-reactive ketones (excluding diaryl/α,β-unsaturated/α-hetero) is 1. The van der Waals surface area contributed by atoms with Gasteiger partial charge in [-0.25, -0.2) is 4.98 Å². The maximum atomic E-state index is 13.9. The molecule has 7 nitrogen and oxygen atoms in total. The minimum atomic E-state index is -0.443.